The van der Waals surface area contributed by atoms with Gasteiger partial charge in [0, 0.05) is 5.38 Å². The molecule has 0 unspecified atom stereocenters. The lowest BCUT2D eigenvalue weighted by Crippen LogP contribution is -2.31. The molecule has 0 aliphatic heterocycles. The fraction of sp³-hybridized carbons (Fsp3) is 0.600. The van der Waals surface area contributed by atoms with Crippen LogP contribution in [0.15, 0.2) is 5.38 Å². The highest BCUT2D eigenvalue weighted by Crippen LogP contribution is 2.00. The smallest absolute Gasteiger partial charge is 0.414 e. The highest BCUT2D eigenvalue weighted by molar-refractivity contribution is 7.03. The molecule has 1 heterocycles. The van der Waals surface area contributed by atoms with Gasteiger partial charge in [-0.3, -0.25) is 10.1 Å². The highest BCUT2D eigenvalue weighted by Gasteiger charge is 2.13. The molecule has 0 bridgehead atoms. The lowest BCUT2D eigenvalue weighted by Gasteiger charge is -2.04. The molecule has 0 radical (unpaired) electrons. The number of hydrogen-bond donors (Lipinski definition) is 1. The molecule has 1 aromatic heterocycles. The maximum absolute atomic E-state index is 11.3. The average Bonchev–Trinajstić information content (AvgIpc) is 2.82. The van der Waals surface area contributed by atoms with Crippen molar-refractivity contribution >= 4 is 23.5 Å². The van der Waals surface area contributed by atoms with E-state index in [4.69, 9.17) is 4.74 Å². The number of imide groups is 1. The lowest BCUT2D eigenvalue weighted by molar-refractivity contribution is 0.0913. The van der Waals surface area contributed by atoms with E-state index in [0.717, 1.165) is 37.2 Å². The molecule has 7 heteroatoms. The monoisotopic (exact) mass is 257 g/mol. The van der Waals surface area contributed by atoms with Crippen molar-refractivity contribution < 1.29 is 14.3 Å². The molecule has 6 nitrogen and oxygen atoms in total. The number of nitrogens with one attached hydrogen (secondary N) is 1. The molecule has 0 spiro atoms. The Balaban J connectivity index is 2.15. The number of carbonyl (C=O) groups excluding carboxylic acids is 2. The van der Waals surface area contributed by atoms with Crippen molar-refractivity contribution in [1.82, 2.24) is 14.9 Å². The SMILES string of the molecule is CCCCCCOC(=O)NC(=O)c1csnn1. The van der Waals surface area contributed by atoms with Crippen molar-refractivity contribution in [2.24, 2.45) is 0 Å². The number of hydrogen-bond acceptors (Lipinski definition) is 6. The van der Waals surface area contributed by atoms with E-state index in [9.17, 15) is 9.59 Å². The number of unbranched alkanes of at least 4 members (excludes halogenated alkanes) is 3. The van der Waals surface area contributed by atoms with Crippen molar-refractivity contribution in [3.63, 3.8) is 0 Å². The van der Waals surface area contributed by atoms with Crippen LogP contribution in [0.3, 0.4) is 0 Å². The van der Waals surface area contributed by atoms with Gasteiger partial charge < -0.3 is 4.74 Å². The van der Waals surface area contributed by atoms with Crippen molar-refractivity contribution in [1.29, 1.82) is 0 Å². The van der Waals surface area contributed by atoms with E-state index in [1.807, 2.05) is 0 Å². The summed E-state index contributed by atoms with van der Waals surface area (Å²) in [6.45, 7) is 2.43. The molecule has 0 saturated heterocycles. The number of amides is 2. The second kappa shape index (κ2) is 7.72. The number of aromatic nitrogens is 2. The molecule has 1 rings (SSSR count). The van der Waals surface area contributed by atoms with Gasteiger partial charge in [0.25, 0.3) is 5.91 Å². The summed E-state index contributed by atoms with van der Waals surface area (Å²) >= 11 is 1.05. The third-order valence-electron chi connectivity index (χ3n) is 2.04. The van der Waals surface area contributed by atoms with Crippen LogP contribution in [0.25, 0.3) is 0 Å². The predicted octanol–water partition coefficient (Wildman–Crippen LogP) is 1.98. The van der Waals surface area contributed by atoms with Crippen LogP contribution >= 0.6 is 11.5 Å². The molecular formula is C10H15N3O3S. The third kappa shape index (κ3) is 5.39. The van der Waals surface area contributed by atoms with E-state index in [1.54, 1.807) is 0 Å². The van der Waals surface area contributed by atoms with Gasteiger partial charge in [0.05, 0.1) is 6.61 Å². The Kier molecular flexibility index (Phi) is 6.16. The highest BCUT2D eigenvalue weighted by atomic mass is 32.1. The Morgan fingerprint density at radius 2 is 2.24 bits per heavy atom. The van der Waals surface area contributed by atoms with E-state index in [-0.39, 0.29) is 5.69 Å². The second-order valence-corrected chi connectivity index (χ2v) is 4.05. The van der Waals surface area contributed by atoms with Crippen molar-refractivity contribution in [3.8, 4) is 0 Å². The van der Waals surface area contributed by atoms with Crippen LogP contribution in [0.5, 0.6) is 0 Å². The van der Waals surface area contributed by atoms with E-state index in [1.165, 1.54) is 5.38 Å². The Bertz CT molecular complexity index is 354. The van der Waals surface area contributed by atoms with E-state index in [0.29, 0.717) is 6.61 Å². The van der Waals surface area contributed by atoms with Crippen LogP contribution in [-0.2, 0) is 4.74 Å². The number of carbonyl (C=O) groups is 2. The van der Waals surface area contributed by atoms with Crippen LogP contribution in [0, 0.1) is 0 Å². The Morgan fingerprint density at radius 1 is 1.41 bits per heavy atom. The Hall–Kier alpha value is -1.50. The molecule has 0 aliphatic carbocycles. The second-order valence-electron chi connectivity index (χ2n) is 3.44. The summed E-state index contributed by atoms with van der Waals surface area (Å²) < 4.78 is 8.37. The number of ether oxygens (including phenoxy) is 1. The van der Waals surface area contributed by atoms with E-state index in [2.05, 4.69) is 21.8 Å². The molecule has 0 fully saturated rings. The summed E-state index contributed by atoms with van der Waals surface area (Å²) in [4.78, 5) is 22.5. The molecule has 17 heavy (non-hydrogen) atoms. The van der Waals surface area contributed by atoms with Gasteiger partial charge in [-0.25, -0.2) is 4.79 Å². The normalized spacial score (nSPS) is 9.94. The first-order valence-electron chi connectivity index (χ1n) is 5.49. The molecular weight excluding hydrogens is 242 g/mol. The largest absolute Gasteiger partial charge is 0.449 e. The predicted molar refractivity (Wildman–Crippen MR) is 62.9 cm³/mol. The fourth-order valence-corrected chi connectivity index (χ4v) is 1.59. The minimum absolute atomic E-state index is 0.123. The lowest BCUT2D eigenvalue weighted by atomic mass is 10.2. The minimum atomic E-state index is -0.737. The molecule has 0 saturated carbocycles. The van der Waals surface area contributed by atoms with Gasteiger partial charge in [-0.05, 0) is 18.0 Å². The van der Waals surface area contributed by atoms with Crippen LogP contribution in [0.1, 0.15) is 43.1 Å². The molecule has 2 amide bonds. The van der Waals surface area contributed by atoms with Crippen LogP contribution in [0.2, 0.25) is 0 Å². The summed E-state index contributed by atoms with van der Waals surface area (Å²) in [6.07, 6.45) is 3.34. The standard InChI is InChI=1S/C10H15N3O3S/c1-2-3-4-5-6-16-10(15)11-9(14)8-7-17-13-12-8/h7H,2-6H2,1H3,(H,11,14,15). The summed E-state index contributed by atoms with van der Waals surface area (Å²) in [5, 5.41) is 7.08. The Labute approximate surface area is 104 Å². The number of alkyl carbamates (subject to hydrolysis) is 1. The first kappa shape index (κ1) is 13.6. The van der Waals surface area contributed by atoms with Crippen LogP contribution in [-0.4, -0.2) is 28.2 Å². The third-order valence-corrected chi connectivity index (χ3v) is 2.54. The molecule has 1 N–H and O–H groups in total. The Morgan fingerprint density at radius 3 is 2.88 bits per heavy atom. The zero-order valence-corrected chi connectivity index (χ0v) is 10.5. The van der Waals surface area contributed by atoms with Crippen molar-refractivity contribution in [2.75, 3.05) is 6.61 Å². The average molecular weight is 257 g/mol. The first-order valence-corrected chi connectivity index (χ1v) is 6.33. The number of nitrogens with zero attached hydrogens (tertiary/aromatic N) is 2. The van der Waals surface area contributed by atoms with Gasteiger partial charge in [-0.1, -0.05) is 30.7 Å². The van der Waals surface area contributed by atoms with Gasteiger partial charge in [0.1, 0.15) is 0 Å². The van der Waals surface area contributed by atoms with E-state index >= 15 is 0 Å². The maximum atomic E-state index is 11.3. The summed E-state index contributed by atoms with van der Waals surface area (Å²) in [5.41, 5.74) is 0.123. The first-order chi connectivity index (χ1) is 8.24. The van der Waals surface area contributed by atoms with Gasteiger partial charge >= 0.3 is 6.09 Å². The number of rotatable bonds is 6. The van der Waals surface area contributed by atoms with Crippen LogP contribution in [0.4, 0.5) is 4.79 Å². The van der Waals surface area contributed by atoms with Crippen molar-refractivity contribution in [2.45, 2.75) is 32.6 Å². The zero-order valence-electron chi connectivity index (χ0n) is 9.64. The fourth-order valence-electron chi connectivity index (χ4n) is 1.15. The molecule has 0 aliphatic rings. The maximum Gasteiger partial charge on any atom is 0.414 e. The van der Waals surface area contributed by atoms with Gasteiger partial charge in [-0.15, -0.1) is 5.10 Å². The quantitative estimate of drug-likeness (QED) is 0.788. The molecule has 94 valence electrons. The zero-order chi connectivity index (χ0) is 12.5. The minimum Gasteiger partial charge on any atom is -0.449 e. The topological polar surface area (TPSA) is 81.2 Å². The molecule has 1 aromatic rings. The molecule has 0 aromatic carbocycles. The van der Waals surface area contributed by atoms with Gasteiger partial charge in [0.15, 0.2) is 5.69 Å². The summed E-state index contributed by atoms with van der Waals surface area (Å²) in [5.74, 6) is -0.586. The summed E-state index contributed by atoms with van der Waals surface area (Å²) in [6, 6.07) is 0. The van der Waals surface area contributed by atoms with Crippen molar-refractivity contribution in [3.05, 3.63) is 11.1 Å². The van der Waals surface area contributed by atoms with E-state index < -0.39 is 12.0 Å². The van der Waals surface area contributed by atoms with Gasteiger partial charge in [-0.2, -0.15) is 0 Å². The van der Waals surface area contributed by atoms with Gasteiger partial charge in [0.2, 0.25) is 0 Å². The molecule has 0 atom stereocenters. The summed E-state index contributed by atoms with van der Waals surface area (Å²) in [7, 11) is 0. The van der Waals surface area contributed by atoms with Crippen LogP contribution < -0.4 is 5.32 Å².